The van der Waals surface area contributed by atoms with Gasteiger partial charge in [-0.25, -0.2) is 29.1 Å². The molecule has 0 aromatic carbocycles. The number of carbonyl (C=O) groups is 1. The molecule has 0 bridgehead atoms. The van der Waals surface area contributed by atoms with Gasteiger partial charge >= 0.3 is 11.7 Å². The predicted octanol–water partition coefficient (Wildman–Crippen LogP) is 1.39. The number of nitrogens with zero attached hydrogens (tertiary/aromatic N) is 6. The first-order valence-electron chi connectivity index (χ1n) is 7.92. The molecule has 0 unspecified atom stereocenters. The normalized spacial score (nSPS) is 14.4. The molecule has 0 atom stereocenters. The summed E-state index contributed by atoms with van der Waals surface area (Å²) in [5, 5.41) is 0. The number of aromatic nitrogens is 5. The van der Waals surface area contributed by atoms with E-state index in [4.69, 9.17) is 0 Å². The lowest BCUT2D eigenvalue weighted by molar-refractivity contribution is 0.210. The number of halogens is 1. The maximum atomic E-state index is 13.0. The third kappa shape index (κ3) is 2.48. The van der Waals surface area contributed by atoms with Crippen LogP contribution in [0.1, 0.15) is 12.8 Å². The van der Waals surface area contributed by atoms with Crippen LogP contribution in [0.5, 0.6) is 0 Å². The number of hydrogen-bond donors (Lipinski definition) is 0. The van der Waals surface area contributed by atoms with Crippen molar-refractivity contribution in [1.82, 2.24) is 29.0 Å². The van der Waals surface area contributed by atoms with Gasteiger partial charge in [-0.05, 0) is 25.0 Å². The Morgan fingerprint density at radius 1 is 1.16 bits per heavy atom. The zero-order chi connectivity index (χ0) is 17.6. The van der Waals surface area contributed by atoms with Gasteiger partial charge < -0.3 is 4.90 Å². The van der Waals surface area contributed by atoms with Crippen LogP contribution in [0.3, 0.4) is 0 Å². The lowest BCUT2D eigenvalue weighted by atomic mass is 10.2. The largest absolute Gasteiger partial charge is 0.338 e. The fraction of sp³-hybridized carbons (Fsp3) is 0.312. The average molecular weight is 342 g/mol. The van der Waals surface area contributed by atoms with Crippen molar-refractivity contribution in [1.29, 1.82) is 0 Å². The first-order valence-corrected chi connectivity index (χ1v) is 7.92. The van der Waals surface area contributed by atoms with Crippen molar-refractivity contribution in [3.63, 3.8) is 0 Å². The molecule has 8 nitrogen and oxygen atoms in total. The topological polar surface area (TPSA) is 85.9 Å². The monoisotopic (exact) mass is 342 g/mol. The smallest absolute Gasteiger partial charge is 0.324 e. The van der Waals surface area contributed by atoms with Crippen LogP contribution < -0.4 is 5.69 Å². The van der Waals surface area contributed by atoms with Crippen molar-refractivity contribution in [2.75, 3.05) is 13.1 Å². The molecule has 1 saturated heterocycles. The highest BCUT2D eigenvalue weighted by Gasteiger charge is 2.25. The molecule has 3 aromatic rings. The van der Waals surface area contributed by atoms with Crippen molar-refractivity contribution in [3.8, 4) is 11.4 Å². The Labute approximate surface area is 141 Å². The van der Waals surface area contributed by atoms with E-state index < -0.39 is 11.6 Å². The quantitative estimate of drug-likeness (QED) is 0.624. The second-order valence-electron chi connectivity index (χ2n) is 5.93. The SMILES string of the molecule is Cn1c(=O)n(C(=O)N2CCCC2)c2cnc(-c3ccc(F)nc3)nc21. The summed E-state index contributed by atoms with van der Waals surface area (Å²) in [5.41, 5.74) is 0.750. The van der Waals surface area contributed by atoms with Crippen LogP contribution in [-0.2, 0) is 7.05 Å². The van der Waals surface area contributed by atoms with Gasteiger partial charge in [-0.15, -0.1) is 0 Å². The number of fused-ring (bicyclic) bond motifs is 1. The molecular formula is C16H15FN6O2. The number of pyridine rings is 1. The first kappa shape index (κ1) is 15.4. The van der Waals surface area contributed by atoms with Crippen LogP contribution in [0, 0.1) is 5.95 Å². The standard InChI is InChI=1S/C16H15FN6O2/c1-21-14-11(23(15(21)24)16(25)22-6-2-3-7-22)9-19-13(20-14)10-4-5-12(17)18-8-10/h4-5,8-9H,2-3,6-7H2,1H3. The van der Waals surface area contributed by atoms with Crippen LogP contribution >= 0.6 is 0 Å². The third-order valence-electron chi connectivity index (χ3n) is 4.34. The molecular weight excluding hydrogens is 327 g/mol. The zero-order valence-electron chi connectivity index (χ0n) is 13.5. The van der Waals surface area contributed by atoms with E-state index in [0.717, 1.165) is 17.4 Å². The molecule has 0 spiro atoms. The Kier molecular flexibility index (Phi) is 3.56. The summed E-state index contributed by atoms with van der Waals surface area (Å²) in [5.74, 6) is -0.291. The maximum Gasteiger partial charge on any atom is 0.338 e. The number of aryl methyl sites for hydroxylation is 1. The van der Waals surface area contributed by atoms with Crippen molar-refractivity contribution < 1.29 is 9.18 Å². The van der Waals surface area contributed by atoms with Crippen LogP contribution in [0.25, 0.3) is 22.6 Å². The second kappa shape index (κ2) is 5.76. The van der Waals surface area contributed by atoms with Crippen LogP contribution in [-0.4, -0.2) is 48.1 Å². The van der Waals surface area contributed by atoms with E-state index in [-0.39, 0.29) is 6.03 Å². The van der Waals surface area contributed by atoms with Gasteiger partial charge in [0.1, 0.15) is 5.52 Å². The summed E-state index contributed by atoms with van der Waals surface area (Å²) in [4.78, 5) is 39.0. The average Bonchev–Trinajstić information content (AvgIpc) is 3.23. The number of hydrogen-bond acceptors (Lipinski definition) is 5. The lowest BCUT2D eigenvalue weighted by Crippen LogP contribution is -2.38. The number of carbonyl (C=O) groups excluding carboxylic acids is 1. The van der Waals surface area contributed by atoms with E-state index in [1.807, 2.05) is 0 Å². The van der Waals surface area contributed by atoms with Crippen LogP contribution in [0.15, 0.2) is 29.3 Å². The van der Waals surface area contributed by atoms with Crippen molar-refractivity contribution in [2.45, 2.75) is 12.8 Å². The highest BCUT2D eigenvalue weighted by molar-refractivity contribution is 5.88. The first-order chi connectivity index (χ1) is 12.1. The molecule has 4 heterocycles. The van der Waals surface area contributed by atoms with Gasteiger partial charge in [-0.2, -0.15) is 4.39 Å². The van der Waals surface area contributed by atoms with Crippen molar-refractivity contribution in [3.05, 3.63) is 41.0 Å². The summed E-state index contributed by atoms with van der Waals surface area (Å²) in [6.07, 6.45) is 4.63. The van der Waals surface area contributed by atoms with Crippen molar-refractivity contribution >= 4 is 17.2 Å². The molecule has 1 amide bonds. The van der Waals surface area contributed by atoms with Gasteiger partial charge in [-0.3, -0.25) is 4.57 Å². The van der Waals surface area contributed by atoms with E-state index >= 15 is 0 Å². The molecule has 1 fully saturated rings. The van der Waals surface area contributed by atoms with Crippen molar-refractivity contribution in [2.24, 2.45) is 7.05 Å². The Morgan fingerprint density at radius 3 is 2.60 bits per heavy atom. The highest BCUT2D eigenvalue weighted by atomic mass is 19.1. The molecule has 1 aliphatic rings. The van der Waals surface area contributed by atoms with Gasteiger partial charge in [0.2, 0.25) is 5.95 Å². The fourth-order valence-corrected chi connectivity index (χ4v) is 3.00. The van der Waals surface area contributed by atoms with E-state index in [2.05, 4.69) is 15.0 Å². The molecule has 1 aliphatic heterocycles. The maximum absolute atomic E-state index is 13.0. The number of imidazole rings is 1. The van der Waals surface area contributed by atoms with Crippen LogP contribution in [0.2, 0.25) is 0 Å². The van der Waals surface area contributed by atoms with Gasteiger partial charge in [0.05, 0.1) is 6.20 Å². The summed E-state index contributed by atoms with van der Waals surface area (Å²) < 4.78 is 15.4. The Morgan fingerprint density at radius 2 is 1.92 bits per heavy atom. The third-order valence-corrected chi connectivity index (χ3v) is 4.34. The molecule has 0 saturated carbocycles. The van der Waals surface area contributed by atoms with Gasteiger partial charge in [0, 0.05) is 31.9 Å². The Bertz CT molecular complexity index is 1020. The second-order valence-corrected chi connectivity index (χ2v) is 5.93. The number of rotatable bonds is 1. The van der Waals surface area contributed by atoms with Gasteiger partial charge in [0.25, 0.3) is 0 Å². The highest BCUT2D eigenvalue weighted by Crippen LogP contribution is 2.18. The molecule has 9 heteroatoms. The van der Waals surface area contributed by atoms with E-state index in [1.165, 1.54) is 29.1 Å². The Hall–Kier alpha value is -3.10. The minimum atomic E-state index is -0.598. The molecule has 25 heavy (non-hydrogen) atoms. The van der Waals surface area contributed by atoms with Gasteiger partial charge in [-0.1, -0.05) is 0 Å². The summed E-state index contributed by atoms with van der Waals surface area (Å²) >= 11 is 0. The summed E-state index contributed by atoms with van der Waals surface area (Å²) in [7, 11) is 1.55. The van der Waals surface area contributed by atoms with Gasteiger partial charge in [0.15, 0.2) is 11.5 Å². The molecule has 128 valence electrons. The lowest BCUT2D eigenvalue weighted by Gasteiger charge is -2.14. The van der Waals surface area contributed by atoms with Crippen LogP contribution in [0.4, 0.5) is 9.18 Å². The Balaban J connectivity index is 1.84. The molecule has 0 N–H and O–H groups in total. The van der Waals surface area contributed by atoms with E-state index in [1.54, 1.807) is 11.9 Å². The number of likely N-dealkylation sites (tertiary alicyclic amines) is 1. The number of amides is 1. The molecule has 0 aliphatic carbocycles. The molecule has 0 radical (unpaired) electrons. The molecule has 4 rings (SSSR count). The zero-order valence-corrected chi connectivity index (χ0v) is 13.5. The van der Waals surface area contributed by atoms with E-state index in [9.17, 15) is 14.0 Å². The minimum Gasteiger partial charge on any atom is -0.324 e. The minimum absolute atomic E-state index is 0.307. The summed E-state index contributed by atoms with van der Waals surface area (Å²) in [6.45, 7) is 1.28. The predicted molar refractivity (Wildman–Crippen MR) is 87.6 cm³/mol. The molecule has 3 aromatic heterocycles. The van der Waals surface area contributed by atoms with E-state index in [0.29, 0.717) is 35.6 Å². The summed E-state index contributed by atoms with van der Waals surface area (Å²) in [6, 6.07) is 2.37. The fourth-order valence-electron chi connectivity index (χ4n) is 3.00.